The fourth-order valence-corrected chi connectivity index (χ4v) is 1.45. The van der Waals surface area contributed by atoms with Crippen molar-refractivity contribution in [3.8, 4) is 0 Å². The highest BCUT2D eigenvalue weighted by molar-refractivity contribution is 5.77. The van der Waals surface area contributed by atoms with Gasteiger partial charge in [-0.25, -0.2) is 26.7 Å². The van der Waals surface area contributed by atoms with Gasteiger partial charge in [0.05, 0.1) is 0 Å². The van der Waals surface area contributed by atoms with E-state index in [-0.39, 0.29) is 6.42 Å². The molecule has 0 aliphatic carbocycles. The van der Waals surface area contributed by atoms with Crippen LogP contribution in [-0.4, -0.2) is 17.1 Å². The van der Waals surface area contributed by atoms with Crippen molar-refractivity contribution in [3.63, 3.8) is 0 Å². The smallest absolute Gasteiger partial charge is 0.326 e. The third-order valence-corrected chi connectivity index (χ3v) is 2.40. The Balaban J connectivity index is 3.24. The minimum Gasteiger partial charge on any atom is -0.480 e. The molecule has 0 amide bonds. The molecule has 0 saturated heterocycles. The third-order valence-electron chi connectivity index (χ3n) is 2.40. The van der Waals surface area contributed by atoms with Crippen LogP contribution >= 0.6 is 0 Å². The van der Waals surface area contributed by atoms with Crippen molar-refractivity contribution in [2.24, 2.45) is 0 Å². The van der Waals surface area contributed by atoms with Gasteiger partial charge in [0.25, 0.3) is 0 Å². The van der Waals surface area contributed by atoms with E-state index in [0.717, 1.165) is 0 Å². The summed E-state index contributed by atoms with van der Waals surface area (Å²) in [4.78, 5) is 10.8. The minimum absolute atomic E-state index is 0.0329. The number of carboxylic acids is 1. The van der Waals surface area contributed by atoms with Gasteiger partial charge < -0.3 is 10.4 Å². The molecule has 0 aromatic heterocycles. The van der Waals surface area contributed by atoms with Crippen LogP contribution in [0.15, 0.2) is 0 Å². The fraction of sp³-hybridized carbons (Fsp3) is 0.364. The number of rotatable bonds is 5. The average molecular weight is 283 g/mol. The highest BCUT2D eigenvalue weighted by Crippen LogP contribution is 2.28. The lowest BCUT2D eigenvalue weighted by molar-refractivity contribution is -0.138. The number of aliphatic carboxylic acids is 1. The number of carboxylic acid groups (broad SMARTS) is 1. The summed E-state index contributed by atoms with van der Waals surface area (Å²) in [6.45, 7) is 1.61. The van der Waals surface area contributed by atoms with E-state index in [1.54, 1.807) is 6.92 Å². The van der Waals surface area contributed by atoms with Crippen LogP contribution in [0.3, 0.4) is 0 Å². The number of halogens is 5. The van der Waals surface area contributed by atoms with Crippen LogP contribution in [0.1, 0.15) is 19.8 Å². The topological polar surface area (TPSA) is 49.3 Å². The number of anilines is 1. The molecule has 0 heterocycles. The second kappa shape index (κ2) is 5.85. The van der Waals surface area contributed by atoms with Gasteiger partial charge in [0.2, 0.25) is 5.82 Å². The minimum atomic E-state index is -2.29. The number of benzene rings is 1. The van der Waals surface area contributed by atoms with Gasteiger partial charge in [0, 0.05) is 0 Å². The van der Waals surface area contributed by atoms with E-state index >= 15 is 0 Å². The third kappa shape index (κ3) is 2.94. The lowest BCUT2D eigenvalue weighted by Crippen LogP contribution is -2.30. The van der Waals surface area contributed by atoms with E-state index in [2.05, 4.69) is 0 Å². The summed E-state index contributed by atoms with van der Waals surface area (Å²) in [5.41, 5.74) is -1.34. The van der Waals surface area contributed by atoms with Crippen LogP contribution in [0.5, 0.6) is 0 Å². The van der Waals surface area contributed by atoms with Crippen LogP contribution in [0.2, 0.25) is 0 Å². The van der Waals surface area contributed by atoms with Crippen molar-refractivity contribution in [2.45, 2.75) is 25.8 Å². The molecule has 3 nitrogen and oxygen atoms in total. The van der Waals surface area contributed by atoms with Gasteiger partial charge in [-0.15, -0.1) is 0 Å². The van der Waals surface area contributed by atoms with Crippen molar-refractivity contribution in [3.05, 3.63) is 29.1 Å². The zero-order valence-corrected chi connectivity index (χ0v) is 9.74. The SMILES string of the molecule is CCCC(Nc1c(F)c(F)c(F)c(F)c1F)C(=O)O. The van der Waals surface area contributed by atoms with Crippen molar-refractivity contribution in [1.82, 2.24) is 0 Å². The maximum Gasteiger partial charge on any atom is 0.326 e. The Labute approximate surface area is 105 Å². The monoisotopic (exact) mass is 283 g/mol. The first kappa shape index (κ1) is 15.2. The molecule has 106 valence electrons. The second-order valence-electron chi connectivity index (χ2n) is 3.77. The Morgan fingerprint density at radius 3 is 1.84 bits per heavy atom. The first-order chi connectivity index (χ1) is 8.81. The predicted octanol–water partition coefficient (Wildman–Crippen LogP) is 3.05. The number of carbonyl (C=O) groups is 1. The molecular formula is C11H10F5NO2. The molecule has 1 unspecified atom stereocenters. The van der Waals surface area contributed by atoms with Crippen molar-refractivity contribution in [2.75, 3.05) is 5.32 Å². The van der Waals surface area contributed by atoms with Crippen molar-refractivity contribution >= 4 is 11.7 Å². The van der Waals surface area contributed by atoms with Gasteiger partial charge in [0.1, 0.15) is 11.7 Å². The van der Waals surface area contributed by atoms with E-state index in [1.807, 2.05) is 5.32 Å². The number of hydrogen-bond donors (Lipinski definition) is 2. The van der Waals surface area contributed by atoms with Gasteiger partial charge in [-0.1, -0.05) is 13.3 Å². The first-order valence-electron chi connectivity index (χ1n) is 5.32. The van der Waals surface area contributed by atoms with E-state index in [9.17, 15) is 26.7 Å². The van der Waals surface area contributed by atoms with Crippen LogP contribution in [-0.2, 0) is 4.79 Å². The van der Waals surface area contributed by atoms with Crippen molar-refractivity contribution < 1.29 is 31.9 Å². The quantitative estimate of drug-likeness (QED) is 0.496. The molecule has 1 atom stereocenters. The molecule has 0 fully saturated rings. The molecule has 0 bridgehead atoms. The van der Waals surface area contributed by atoms with E-state index in [0.29, 0.717) is 6.42 Å². The molecular weight excluding hydrogens is 273 g/mol. The van der Waals surface area contributed by atoms with Gasteiger partial charge in [-0.3, -0.25) is 0 Å². The molecule has 2 N–H and O–H groups in total. The summed E-state index contributed by atoms with van der Waals surface area (Å²) < 4.78 is 65.1. The Hall–Kier alpha value is -1.86. The zero-order valence-electron chi connectivity index (χ0n) is 9.74. The summed E-state index contributed by atoms with van der Waals surface area (Å²) >= 11 is 0. The Bertz CT molecular complexity index is 477. The van der Waals surface area contributed by atoms with Crippen LogP contribution in [0.25, 0.3) is 0 Å². The van der Waals surface area contributed by atoms with Gasteiger partial charge in [-0.2, -0.15) is 0 Å². The molecule has 0 aliphatic rings. The second-order valence-corrected chi connectivity index (χ2v) is 3.77. The molecule has 1 aromatic rings. The Kier molecular flexibility index (Phi) is 4.68. The van der Waals surface area contributed by atoms with E-state index in [4.69, 9.17) is 5.11 Å². The molecule has 0 aliphatic heterocycles. The van der Waals surface area contributed by atoms with Gasteiger partial charge in [-0.05, 0) is 6.42 Å². The van der Waals surface area contributed by atoms with Crippen LogP contribution in [0, 0.1) is 29.1 Å². The standard InChI is InChI=1S/C11H10F5NO2/c1-2-3-4(11(18)19)17-10-8(15)6(13)5(12)7(14)9(10)16/h4,17H,2-3H2,1H3,(H,18,19). The summed E-state index contributed by atoms with van der Waals surface area (Å²) in [5.74, 6) is -12.2. The predicted molar refractivity (Wildman–Crippen MR) is 56.2 cm³/mol. The molecule has 1 aromatic carbocycles. The summed E-state index contributed by atoms with van der Waals surface area (Å²) in [7, 11) is 0. The summed E-state index contributed by atoms with van der Waals surface area (Å²) in [6, 6.07) is -1.45. The number of hydrogen-bond acceptors (Lipinski definition) is 2. The largest absolute Gasteiger partial charge is 0.480 e. The molecule has 0 spiro atoms. The highest BCUT2D eigenvalue weighted by atomic mass is 19.2. The van der Waals surface area contributed by atoms with E-state index in [1.165, 1.54) is 0 Å². The molecule has 0 radical (unpaired) electrons. The number of nitrogens with one attached hydrogen (secondary N) is 1. The van der Waals surface area contributed by atoms with Crippen LogP contribution < -0.4 is 5.32 Å². The average Bonchev–Trinajstić information content (AvgIpc) is 2.37. The Morgan fingerprint density at radius 2 is 1.47 bits per heavy atom. The molecule has 19 heavy (non-hydrogen) atoms. The van der Waals surface area contributed by atoms with Gasteiger partial charge >= 0.3 is 5.97 Å². The molecule has 0 saturated carbocycles. The highest BCUT2D eigenvalue weighted by Gasteiger charge is 2.28. The molecule has 1 rings (SSSR count). The lowest BCUT2D eigenvalue weighted by Gasteiger charge is -2.16. The summed E-state index contributed by atoms with van der Waals surface area (Å²) in [6.07, 6.45) is 0.314. The van der Waals surface area contributed by atoms with Crippen molar-refractivity contribution in [1.29, 1.82) is 0 Å². The normalized spacial score (nSPS) is 12.3. The molecule has 8 heteroatoms. The lowest BCUT2D eigenvalue weighted by atomic mass is 10.1. The maximum atomic E-state index is 13.3. The first-order valence-corrected chi connectivity index (χ1v) is 5.32. The maximum absolute atomic E-state index is 13.3. The Morgan fingerprint density at radius 1 is 1.05 bits per heavy atom. The van der Waals surface area contributed by atoms with Crippen LogP contribution in [0.4, 0.5) is 27.6 Å². The zero-order chi connectivity index (χ0) is 14.7. The summed E-state index contributed by atoms with van der Waals surface area (Å²) in [5, 5.41) is 10.6. The van der Waals surface area contributed by atoms with Gasteiger partial charge in [0.15, 0.2) is 23.3 Å². The van der Waals surface area contributed by atoms with E-state index < -0.39 is 46.8 Å². The fourth-order valence-electron chi connectivity index (χ4n) is 1.45.